The maximum Gasteiger partial charge on any atom is 0.308 e. The predicted molar refractivity (Wildman–Crippen MR) is 59.2 cm³/mol. The van der Waals surface area contributed by atoms with Gasteiger partial charge in [-0.2, -0.15) is 0 Å². The second kappa shape index (κ2) is 6.27. The summed E-state index contributed by atoms with van der Waals surface area (Å²) in [6.45, 7) is 0.102. The number of hydrogen-bond acceptors (Lipinski definition) is 3. The highest BCUT2D eigenvalue weighted by Gasteiger charge is 2.15. The smallest absolute Gasteiger partial charge is 0.308 e. The largest absolute Gasteiger partial charge is 0.508 e. The van der Waals surface area contributed by atoms with Crippen LogP contribution in [0.1, 0.15) is 5.56 Å². The van der Waals surface area contributed by atoms with Crippen molar-refractivity contribution in [1.29, 1.82) is 0 Å². The normalized spacial score (nSPS) is 11.5. The first-order valence-electron chi connectivity index (χ1n) is 4.34. The van der Waals surface area contributed by atoms with Gasteiger partial charge in [-0.25, -0.2) is 0 Å². The van der Waals surface area contributed by atoms with Gasteiger partial charge in [0.05, 0.1) is 5.92 Å². The van der Waals surface area contributed by atoms with Gasteiger partial charge in [-0.3, -0.25) is 4.79 Å². The molecular weight excluding hydrogens is 218 g/mol. The summed E-state index contributed by atoms with van der Waals surface area (Å²) in [6.07, 6.45) is 0.347. The molecule has 0 saturated heterocycles. The molecule has 0 aliphatic rings. The summed E-state index contributed by atoms with van der Waals surface area (Å²) in [7, 11) is 0. The number of hydrogen-bond donors (Lipinski definition) is 3. The molecule has 1 atom stereocenters. The van der Waals surface area contributed by atoms with Crippen molar-refractivity contribution in [2.24, 2.45) is 11.7 Å². The zero-order chi connectivity index (χ0) is 10.6. The molecule has 0 spiro atoms. The average Bonchev–Trinajstić information content (AvgIpc) is 2.14. The Bertz CT molecular complexity index is 330. The van der Waals surface area contributed by atoms with Crippen LogP contribution in [0.3, 0.4) is 0 Å². The van der Waals surface area contributed by atoms with E-state index in [0.717, 1.165) is 5.56 Å². The first-order chi connectivity index (χ1) is 6.63. The van der Waals surface area contributed by atoms with Gasteiger partial charge in [0, 0.05) is 6.54 Å². The number of carboxylic acid groups (broad SMARTS) is 1. The standard InChI is InChI=1S/C10H13NO3.ClH/c11-6-8(10(13)14)4-7-2-1-3-9(12)5-7;/h1-3,5,8,12H,4,6,11H2,(H,13,14);1H/t8-;/m0./s1. The van der Waals surface area contributed by atoms with Gasteiger partial charge < -0.3 is 15.9 Å². The van der Waals surface area contributed by atoms with E-state index in [0.29, 0.717) is 6.42 Å². The molecule has 84 valence electrons. The Hall–Kier alpha value is -1.26. The highest BCUT2D eigenvalue weighted by molar-refractivity contribution is 5.85. The SMILES string of the molecule is Cl.NC[C@H](Cc1cccc(O)c1)C(=O)O. The third kappa shape index (κ3) is 4.18. The second-order valence-electron chi connectivity index (χ2n) is 3.14. The number of phenols is 1. The molecule has 1 aromatic rings. The number of rotatable bonds is 4. The van der Waals surface area contributed by atoms with Gasteiger partial charge >= 0.3 is 5.97 Å². The average molecular weight is 232 g/mol. The van der Waals surface area contributed by atoms with Gasteiger partial charge in [-0.1, -0.05) is 12.1 Å². The van der Waals surface area contributed by atoms with Crippen molar-refractivity contribution in [3.8, 4) is 5.75 Å². The van der Waals surface area contributed by atoms with Crippen molar-refractivity contribution in [1.82, 2.24) is 0 Å². The van der Waals surface area contributed by atoms with E-state index in [1.807, 2.05) is 0 Å². The molecule has 0 aliphatic heterocycles. The Morgan fingerprint density at radius 3 is 2.60 bits per heavy atom. The molecule has 0 aromatic heterocycles. The van der Waals surface area contributed by atoms with Crippen LogP contribution in [0.15, 0.2) is 24.3 Å². The van der Waals surface area contributed by atoms with Crippen LogP contribution in [-0.2, 0) is 11.2 Å². The van der Waals surface area contributed by atoms with E-state index in [-0.39, 0.29) is 24.7 Å². The monoisotopic (exact) mass is 231 g/mol. The number of carbonyl (C=O) groups is 1. The number of nitrogens with two attached hydrogens (primary N) is 1. The minimum absolute atomic E-state index is 0. The summed E-state index contributed by atoms with van der Waals surface area (Å²) < 4.78 is 0. The molecule has 1 aromatic carbocycles. The lowest BCUT2D eigenvalue weighted by Gasteiger charge is -2.09. The summed E-state index contributed by atoms with van der Waals surface area (Å²) >= 11 is 0. The number of aliphatic carboxylic acids is 1. The molecule has 15 heavy (non-hydrogen) atoms. The van der Waals surface area contributed by atoms with E-state index < -0.39 is 11.9 Å². The fraction of sp³-hybridized carbons (Fsp3) is 0.300. The lowest BCUT2D eigenvalue weighted by molar-refractivity contribution is -0.141. The number of aromatic hydroxyl groups is 1. The molecule has 4 N–H and O–H groups in total. The summed E-state index contributed by atoms with van der Waals surface area (Å²) in [5, 5.41) is 17.9. The quantitative estimate of drug-likeness (QED) is 0.722. The Labute approximate surface area is 94.1 Å². The predicted octanol–water partition coefficient (Wildman–Crippen LogP) is 1.02. The lowest BCUT2D eigenvalue weighted by Crippen LogP contribution is -2.25. The number of carboxylic acids is 1. The minimum Gasteiger partial charge on any atom is -0.508 e. The van der Waals surface area contributed by atoms with E-state index in [2.05, 4.69) is 0 Å². The van der Waals surface area contributed by atoms with Gasteiger partial charge in [-0.15, -0.1) is 12.4 Å². The summed E-state index contributed by atoms with van der Waals surface area (Å²) in [5.74, 6) is -1.35. The second-order valence-corrected chi connectivity index (χ2v) is 3.14. The van der Waals surface area contributed by atoms with Gasteiger partial charge in [0.2, 0.25) is 0 Å². The summed E-state index contributed by atoms with van der Waals surface area (Å²) in [5.41, 5.74) is 6.10. The molecule has 5 heteroatoms. The van der Waals surface area contributed by atoms with Gasteiger partial charge in [0.15, 0.2) is 0 Å². The molecule has 0 amide bonds. The first-order valence-corrected chi connectivity index (χ1v) is 4.34. The number of halogens is 1. The molecule has 0 unspecified atom stereocenters. The maximum absolute atomic E-state index is 10.7. The van der Waals surface area contributed by atoms with Crippen LogP contribution in [0, 0.1) is 5.92 Å². The maximum atomic E-state index is 10.7. The molecule has 4 nitrogen and oxygen atoms in total. The van der Waals surface area contributed by atoms with Crippen LogP contribution < -0.4 is 5.73 Å². The topological polar surface area (TPSA) is 83.5 Å². The third-order valence-corrected chi connectivity index (χ3v) is 2.03. The Balaban J connectivity index is 0.00000196. The molecular formula is C10H14ClNO3. The summed E-state index contributed by atoms with van der Waals surface area (Å²) in [4.78, 5) is 10.7. The third-order valence-electron chi connectivity index (χ3n) is 2.03. The molecule has 0 aliphatic carbocycles. The highest BCUT2D eigenvalue weighted by Crippen LogP contribution is 2.14. The first kappa shape index (κ1) is 13.7. The fourth-order valence-electron chi connectivity index (χ4n) is 1.24. The van der Waals surface area contributed by atoms with Crippen LogP contribution in [0.4, 0.5) is 0 Å². The Morgan fingerprint density at radius 1 is 1.47 bits per heavy atom. The molecule has 0 bridgehead atoms. The van der Waals surface area contributed by atoms with Crippen LogP contribution >= 0.6 is 12.4 Å². The van der Waals surface area contributed by atoms with Crippen molar-refractivity contribution < 1.29 is 15.0 Å². The van der Waals surface area contributed by atoms with Crippen molar-refractivity contribution >= 4 is 18.4 Å². The molecule has 0 fully saturated rings. The fourth-order valence-corrected chi connectivity index (χ4v) is 1.24. The zero-order valence-electron chi connectivity index (χ0n) is 8.09. The molecule has 0 radical (unpaired) electrons. The highest BCUT2D eigenvalue weighted by atomic mass is 35.5. The number of benzene rings is 1. The van der Waals surface area contributed by atoms with Crippen molar-refractivity contribution in [3.05, 3.63) is 29.8 Å². The van der Waals surface area contributed by atoms with E-state index in [9.17, 15) is 4.79 Å². The molecule has 0 heterocycles. The zero-order valence-corrected chi connectivity index (χ0v) is 8.91. The van der Waals surface area contributed by atoms with Crippen molar-refractivity contribution in [2.75, 3.05) is 6.54 Å². The van der Waals surface area contributed by atoms with Gasteiger partial charge in [-0.05, 0) is 24.1 Å². The van der Waals surface area contributed by atoms with Crippen LogP contribution in [0.25, 0.3) is 0 Å². The molecule has 1 rings (SSSR count). The summed E-state index contributed by atoms with van der Waals surface area (Å²) in [6, 6.07) is 6.54. The number of phenolic OH excluding ortho intramolecular Hbond substituents is 1. The minimum atomic E-state index is -0.907. The lowest BCUT2D eigenvalue weighted by atomic mass is 9.99. The van der Waals surface area contributed by atoms with Gasteiger partial charge in [0.1, 0.15) is 5.75 Å². The molecule has 0 saturated carbocycles. The van der Waals surface area contributed by atoms with Crippen LogP contribution in [0.5, 0.6) is 5.75 Å². The van der Waals surface area contributed by atoms with Crippen LogP contribution in [-0.4, -0.2) is 22.7 Å². The van der Waals surface area contributed by atoms with Gasteiger partial charge in [0.25, 0.3) is 0 Å². The Kier molecular flexibility index (Phi) is 5.74. The van der Waals surface area contributed by atoms with Crippen molar-refractivity contribution in [2.45, 2.75) is 6.42 Å². The van der Waals surface area contributed by atoms with E-state index in [1.54, 1.807) is 24.3 Å². The Morgan fingerprint density at radius 2 is 2.13 bits per heavy atom. The van der Waals surface area contributed by atoms with E-state index in [4.69, 9.17) is 15.9 Å². The van der Waals surface area contributed by atoms with E-state index in [1.165, 1.54) is 0 Å². The van der Waals surface area contributed by atoms with E-state index >= 15 is 0 Å². The van der Waals surface area contributed by atoms with Crippen molar-refractivity contribution in [3.63, 3.8) is 0 Å². The van der Waals surface area contributed by atoms with Crippen LogP contribution in [0.2, 0.25) is 0 Å².